The van der Waals surface area contributed by atoms with Gasteiger partial charge in [-0.1, -0.05) is 15.9 Å². The van der Waals surface area contributed by atoms with E-state index in [2.05, 4.69) is 20.9 Å². The smallest absolute Gasteiger partial charge is 0.418 e. The summed E-state index contributed by atoms with van der Waals surface area (Å²) in [5.41, 5.74) is 6.50. The van der Waals surface area contributed by atoms with Gasteiger partial charge in [0.25, 0.3) is 0 Å². The van der Waals surface area contributed by atoms with E-state index < -0.39 is 6.09 Å². The molecule has 6 heteroatoms. The first-order valence-electron chi connectivity index (χ1n) is 3.76. The highest BCUT2D eigenvalue weighted by molar-refractivity contribution is 9.10. The van der Waals surface area contributed by atoms with Crippen molar-refractivity contribution >= 4 is 39.0 Å². The van der Waals surface area contributed by atoms with Gasteiger partial charge in [-0.3, -0.25) is 0 Å². The van der Waals surface area contributed by atoms with Gasteiger partial charge in [0.2, 0.25) is 5.95 Å². The Morgan fingerprint density at radius 3 is 2.93 bits per heavy atom. The van der Waals surface area contributed by atoms with Crippen molar-refractivity contribution in [2.45, 2.75) is 0 Å². The van der Waals surface area contributed by atoms with Crippen LogP contribution < -0.4 is 5.73 Å². The van der Waals surface area contributed by atoms with Crippen molar-refractivity contribution in [1.82, 2.24) is 9.55 Å². The van der Waals surface area contributed by atoms with Crippen molar-refractivity contribution in [2.75, 3.05) is 5.73 Å². The second-order valence-corrected chi connectivity index (χ2v) is 3.64. The molecule has 72 valence electrons. The Labute approximate surface area is 87.3 Å². The molecule has 2 rings (SSSR count). The summed E-state index contributed by atoms with van der Waals surface area (Å²) in [6.45, 7) is 0. The molecule has 0 aliphatic rings. The second kappa shape index (κ2) is 2.98. The molecule has 0 unspecified atom stereocenters. The topological polar surface area (TPSA) is 81.1 Å². The standard InChI is InChI=1S/C8H6BrN3O2/c9-4-1-2-5-6(3-4)12(8(13)14)7(10)11-5/h1-3H,(H2,10,11)(H,13,14). The number of halogens is 1. The van der Waals surface area contributed by atoms with Gasteiger partial charge in [-0.2, -0.15) is 0 Å². The fraction of sp³-hybridized carbons (Fsp3) is 0. The van der Waals surface area contributed by atoms with Crippen molar-refractivity contribution in [3.8, 4) is 0 Å². The first kappa shape index (κ1) is 9.01. The van der Waals surface area contributed by atoms with Crippen LogP contribution in [0.3, 0.4) is 0 Å². The van der Waals surface area contributed by atoms with E-state index in [0.29, 0.717) is 11.0 Å². The Balaban J connectivity index is 2.86. The van der Waals surface area contributed by atoms with Crippen LogP contribution in [0.1, 0.15) is 0 Å². The molecule has 1 aromatic heterocycles. The number of rotatable bonds is 0. The number of imidazole rings is 1. The second-order valence-electron chi connectivity index (χ2n) is 2.72. The summed E-state index contributed by atoms with van der Waals surface area (Å²) in [6.07, 6.45) is -1.14. The van der Waals surface area contributed by atoms with Crippen LogP contribution in [0.2, 0.25) is 0 Å². The number of fused-ring (bicyclic) bond motifs is 1. The molecule has 0 radical (unpaired) electrons. The quantitative estimate of drug-likeness (QED) is 0.754. The molecule has 2 aromatic rings. The maximum Gasteiger partial charge on any atom is 0.418 e. The SMILES string of the molecule is Nc1nc2ccc(Br)cc2n1C(=O)O. The van der Waals surface area contributed by atoms with Gasteiger partial charge in [-0.15, -0.1) is 0 Å². The average molecular weight is 256 g/mol. The number of aromatic nitrogens is 2. The third-order valence-electron chi connectivity index (χ3n) is 1.83. The Kier molecular flexibility index (Phi) is 1.92. The summed E-state index contributed by atoms with van der Waals surface area (Å²) in [4.78, 5) is 14.8. The Morgan fingerprint density at radius 1 is 1.57 bits per heavy atom. The zero-order valence-corrected chi connectivity index (χ0v) is 8.52. The van der Waals surface area contributed by atoms with Gasteiger partial charge in [0.05, 0.1) is 11.0 Å². The average Bonchev–Trinajstić information content (AvgIpc) is 2.40. The summed E-state index contributed by atoms with van der Waals surface area (Å²) < 4.78 is 1.73. The minimum atomic E-state index is -1.14. The van der Waals surface area contributed by atoms with Crippen LogP contribution in [-0.4, -0.2) is 20.8 Å². The summed E-state index contributed by atoms with van der Waals surface area (Å²) in [7, 11) is 0. The van der Waals surface area contributed by atoms with Gasteiger partial charge < -0.3 is 10.8 Å². The van der Waals surface area contributed by atoms with Gasteiger partial charge in [-0.25, -0.2) is 14.3 Å². The van der Waals surface area contributed by atoms with Crippen molar-refractivity contribution in [1.29, 1.82) is 0 Å². The summed E-state index contributed by atoms with van der Waals surface area (Å²) in [5.74, 6) is -0.0226. The van der Waals surface area contributed by atoms with Gasteiger partial charge >= 0.3 is 6.09 Å². The molecule has 0 amide bonds. The van der Waals surface area contributed by atoms with Crippen molar-refractivity contribution < 1.29 is 9.90 Å². The highest BCUT2D eigenvalue weighted by Crippen LogP contribution is 2.21. The van der Waals surface area contributed by atoms with Crippen molar-refractivity contribution in [2.24, 2.45) is 0 Å². The van der Waals surface area contributed by atoms with Crippen LogP contribution in [0.15, 0.2) is 22.7 Å². The van der Waals surface area contributed by atoms with Crippen LogP contribution >= 0.6 is 15.9 Å². The molecular weight excluding hydrogens is 250 g/mol. The van der Waals surface area contributed by atoms with E-state index in [4.69, 9.17) is 10.8 Å². The molecule has 5 nitrogen and oxygen atoms in total. The summed E-state index contributed by atoms with van der Waals surface area (Å²) >= 11 is 3.25. The number of benzene rings is 1. The lowest BCUT2D eigenvalue weighted by atomic mass is 10.3. The van der Waals surface area contributed by atoms with E-state index in [9.17, 15) is 4.79 Å². The third kappa shape index (κ3) is 1.24. The van der Waals surface area contributed by atoms with E-state index in [-0.39, 0.29) is 5.95 Å². The molecule has 1 heterocycles. The molecule has 0 bridgehead atoms. The minimum Gasteiger partial charge on any atom is -0.464 e. The number of carbonyl (C=O) groups is 1. The molecule has 1 aromatic carbocycles. The van der Waals surface area contributed by atoms with Crippen molar-refractivity contribution in [3.63, 3.8) is 0 Å². The first-order valence-corrected chi connectivity index (χ1v) is 4.55. The molecule has 14 heavy (non-hydrogen) atoms. The predicted molar refractivity (Wildman–Crippen MR) is 55.3 cm³/mol. The van der Waals surface area contributed by atoms with Crippen LogP contribution in [-0.2, 0) is 0 Å². The summed E-state index contributed by atoms with van der Waals surface area (Å²) in [6, 6.07) is 5.14. The Bertz CT molecular complexity index is 521. The lowest BCUT2D eigenvalue weighted by Gasteiger charge is -1.97. The van der Waals surface area contributed by atoms with Crippen molar-refractivity contribution in [3.05, 3.63) is 22.7 Å². The van der Waals surface area contributed by atoms with Gasteiger partial charge in [0.15, 0.2) is 0 Å². The number of carboxylic acid groups (broad SMARTS) is 1. The van der Waals surface area contributed by atoms with E-state index in [0.717, 1.165) is 9.04 Å². The predicted octanol–water partition coefficient (Wildman–Crippen LogP) is 1.91. The van der Waals surface area contributed by atoms with Crippen LogP contribution in [0, 0.1) is 0 Å². The lowest BCUT2D eigenvalue weighted by molar-refractivity contribution is 0.198. The Morgan fingerprint density at radius 2 is 2.29 bits per heavy atom. The zero-order chi connectivity index (χ0) is 10.3. The number of hydrogen-bond acceptors (Lipinski definition) is 3. The van der Waals surface area contributed by atoms with E-state index in [1.165, 1.54) is 0 Å². The first-order chi connectivity index (χ1) is 6.59. The maximum atomic E-state index is 10.8. The summed E-state index contributed by atoms with van der Waals surface area (Å²) in [5, 5.41) is 8.87. The fourth-order valence-corrected chi connectivity index (χ4v) is 1.62. The lowest BCUT2D eigenvalue weighted by Crippen LogP contribution is -2.10. The van der Waals surface area contributed by atoms with Crippen LogP contribution in [0.5, 0.6) is 0 Å². The number of nitrogens with zero attached hydrogens (tertiary/aromatic N) is 2. The third-order valence-corrected chi connectivity index (χ3v) is 2.33. The molecule has 0 saturated heterocycles. The number of nitrogens with two attached hydrogens (primary N) is 1. The fourth-order valence-electron chi connectivity index (χ4n) is 1.27. The maximum absolute atomic E-state index is 10.8. The number of nitrogen functional groups attached to an aromatic ring is 1. The number of hydrogen-bond donors (Lipinski definition) is 2. The van der Waals surface area contributed by atoms with Crippen LogP contribution in [0.25, 0.3) is 11.0 Å². The van der Waals surface area contributed by atoms with E-state index >= 15 is 0 Å². The highest BCUT2D eigenvalue weighted by atomic mass is 79.9. The van der Waals surface area contributed by atoms with Crippen LogP contribution in [0.4, 0.5) is 10.7 Å². The van der Waals surface area contributed by atoms with E-state index in [1.807, 2.05) is 0 Å². The van der Waals surface area contributed by atoms with Gasteiger partial charge in [-0.05, 0) is 18.2 Å². The zero-order valence-electron chi connectivity index (χ0n) is 6.94. The molecule has 0 saturated carbocycles. The molecule has 0 fully saturated rings. The normalized spacial score (nSPS) is 10.6. The molecule has 0 aliphatic heterocycles. The molecular formula is C8H6BrN3O2. The molecule has 3 N–H and O–H groups in total. The Hall–Kier alpha value is -1.56. The van der Waals surface area contributed by atoms with E-state index in [1.54, 1.807) is 18.2 Å². The molecule has 0 spiro atoms. The number of anilines is 1. The highest BCUT2D eigenvalue weighted by Gasteiger charge is 2.13. The van der Waals surface area contributed by atoms with Gasteiger partial charge in [0.1, 0.15) is 0 Å². The van der Waals surface area contributed by atoms with Gasteiger partial charge in [0, 0.05) is 4.47 Å². The molecule has 0 aliphatic carbocycles. The molecule has 0 atom stereocenters. The monoisotopic (exact) mass is 255 g/mol. The largest absolute Gasteiger partial charge is 0.464 e. The minimum absolute atomic E-state index is 0.0226.